The second-order valence-corrected chi connectivity index (χ2v) is 5.09. The summed E-state index contributed by atoms with van der Waals surface area (Å²) in [6.45, 7) is 7.48. The zero-order valence-corrected chi connectivity index (χ0v) is 12.4. The van der Waals surface area contributed by atoms with Crippen LogP contribution in [0.5, 0.6) is 0 Å². The van der Waals surface area contributed by atoms with Crippen LogP contribution >= 0.6 is 15.9 Å². The van der Waals surface area contributed by atoms with Gasteiger partial charge in [0, 0.05) is 45.3 Å². The second kappa shape index (κ2) is 9.28. The van der Waals surface area contributed by atoms with Crippen LogP contribution in [0.15, 0.2) is 0 Å². The zero-order valence-electron chi connectivity index (χ0n) is 10.9. The molecule has 1 rings (SSSR count). The van der Waals surface area contributed by atoms with Crippen LogP contribution in [0.2, 0.25) is 0 Å². The monoisotopic (exact) mass is 309 g/mol. The smallest absolute Gasteiger partial charge is 0.0802 e. The van der Waals surface area contributed by atoms with E-state index in [4.69, 9.17) is 14.2 Å². The molecule has 0 N–H and O–H groups in total. The van der Waals surface area contributed by atoms with Crippen molar-refractivity contribution in [3.8, 4) is 0 Å². The minimum absolute atomic E-state index is 0.312. The standard InChI is InChI=1S/C12H24BrNO3/c1-11-9-14(10-12(8-13)17-11)4-7-16-6-3-5-15-2/h11-12H,3-10H2,1-2H3. The van der Waals surface area contributed by atoms with E-state index in [0.29, 0.717) is 12.2 Å². The van der Waals surface area contributed by atoms with Gasteiger partial charge >= 0.3 is 0 Å². The summed E-state index contributed by atoms with van der Waals surface area (Å²) in [6, 6.07) is 0. The molecule has 4 nitrogen and oxygen atoms in total. The summed E-state index contributed by atoms with van der Waals surface area (Å²) in [5.74, 6) is 0. The van der Waals surface area contributed by atoms with Gasteiger partial charge in [0.15, 0.2) is 0 Å². The van der Waals surface area contributed by atoms with Gasteiger partial charge in [0.25, 0.3) is 0 Å². The highest BCUT2D eigenvalue weighted by Gasteiger charge is 2.23. The first kappa shape index (κ1) is 15.4. The lowest BCUT2D eigenvalue weighted by atomic mass is 10.2. The predicted molar refractivity (Wildman–Crippen MR) is 71.9 cm³/mol. The van der Waals surface area contributed by atoms with Gasteiger partial charge < -0.3 is 14.2 Å². The molecule has 17 heavy (non-hydrogen) atoms. The van der Waals surface area contributed by atoms with E-state index >= 15 is 0 Å². The third-order valence-electron chi connectivity index (χ3n) is 2.76. The number of morpholine rings is 1. The largest absolute Gasteiger partial charge is 0.385 e. The van der Waals surface area contributed by atoms with Crippen LogP contribution in [0.25, 0.3) is 0 Å². The average molecular weight is 310 g/mol. The van der Waals surface area contributed by atoms with Crippen molar-refractivity contribution in [2.45, 2.75) is 25.6 Å². The molecule has 2 unspecified atom stereocenters. The molecule has 102 valence electrons. The van der Waals surface area contributed by atoms with Crippen LogP contribution in [0.1, 0.15) is 13.3 Å². The fraction of sp³-hybridized carbons (Fsp3) is 1.00. The van der Waals surface area contributed by atoms with Crippen molar-refractivity contribution in [3.63, 3.8) is 0 Å². The number of nitrogens with zero attached hydrogens (tertiary/aromatic N) is 1. The molecule has 1 aliphatic rings. The first-order chi connectivity index (χ1) is 8.26. The Morgan fingerprint density at radius 2 is 2.12 bits per heavy atom. The van der Waals surface area contributed by atoms with Crippen molar-refractivity contribution in [1.29, 1.82) is 0 Å². The van der Waals surface area contributed by atoms with Crippen LogP contribution < -0.4 is 0 Å². The molecule has 0 spiro atoms. The molecule has 1 aliphatic heterocycles. The van der Waals surface area contributed by atoms with Gasteiger partial charge in [0.2, 0.25) is 0 Å². The van der Waals surface area contributed by atoms with E-state index < -0.39 is 0 Å². The highest BCUT2D eigenvalue weighted by Crippen LogP contribution is 2.12. The SMILES string of the molecule is COCCCOCCN1CC(C)OC(CBr)C1. The number of rotatable bonds is 8. The fourth-order valence-electron chi connectivity index (χ4n) is 2.01. The van der Waals surface area contributed by atoms with Crippen molar-refractivity contribution in [2.24, 2.45) is 0 Å². The number of halogens is 1. The maximum atomic E-state index is 5.78. The lowest BCUT2D eigenvalue weighted by molar-refractivity contribution is -0.0706. The van der Waals surface area contributed by atoms with Crippen molar-refractivity contribution < 1.29 is 14.2 Å². The molecule has 0 bridgehead atoms. The van der Waals surface area contributed by atoms with Gasteiger partial charge in [-0.3, -0.25) is 4.90 Å². The van der Waals surface area contributed by atoms with Crippen molar-refractivity contribution >= 4 is 15.9 Å². The van der Waals surface area contributed by atoms with Gasteiger partial charge in [-0.15, -0.1) is 0 Å². The summed E-state index contributed by atoms with van der Waals surface area (Å²) in [5.41, 5.74) is 0. The maximum Gasteiger partial charge on any atom is 0.0802 e. The van der Waals surface area contributed by atoms with Gasteiger partial charge in [-0.05, 0) is 13.3 Å². The lowest BCUT2D eigenvalue weighted by Crippen LogP contribution is -2.48. The molecule has 5 heteroatoms. The van der Waals surface area contributed by atoms with Gasteiger partial charge in [-0.1, -0.05) is 15.9 Å². The molecule has 1 heterocycles. The Balaban J connectivity index is 2.05. The summed E-state index contributed by atoms with van der Waals surface area (Å²) < 4.78 is 16.3. The normalized spacial score (nSPS) is 26.3. The number of hydrogen-bond acceptors (Lipinski definition) is 4. The molecule has 0 radical (unpaired) electrons. The Kier molecular flexibility index (Phi) is 8.39. The van der Waals surface area contributed by atoms with E-state index in [1.165, 1.54) is 0 Å². The molecular formula is C12H24BrNO3. The highest BCUT2D eigenvalue weighted by atomic mass is 79.9. The van der Waals surface area contributed by atoms with Gasteiger partial charge in [0.1, 0.15) is 0 Å². The third-order valence-corrected chi connectivity index (χ3v) is 3.49. The summed E-state index contributed by atoms with van der Waals surface area (Å²) in [7, 11) is 1.72. The number of methoxy groups -OCH3 is 1. The molecule has 1 fully saturated rings. The average Bonchev–Trinajstić information content (AvgIpc) is 2.33. The molecule has 0 aromatic heterocycles. The van der Waals surface area contributed by atoms with E-state index in [1.54, 1.807) is 7.11 Å². The van der Waals surface area contributed by atoms with Crippen molar-refractivity contribution in [1.82, 2.24) is 4.90 Å². The number of hydrogen-bond donors (Lipinski definition) is 0. The fourth-order valence-corrected chi connectivity index (χ4v) is 2.37. The summed E-state index contributed by atoms with van der Waals surface area (Å²) in [4.78, 5) is 2.41. The van der Waals surface area contributed by atoms with Gasteiger partial charge in [0.05, 0.1) is 18.8 Å². The van der Waals surface area contributed by atoms with Crippen LogP contribution in [0, 0.1) is 0 Å². The van der Waals surface area contributed by atoms with Gasteiger partial charge in [-0.25, -0.2) is 0 Å². The first-order valence-electron chi connectivity index (χ1n) is 6.26. The van der Waals surface area contributed by atoms with E-state index in [2.05, 4.69) is 27.8 Å². The van der Waals surface area contributed by atoms with Crippen molar-refractivity contribution in [2.75, 3.05) is 51.9 Å². The van der Waals surface area contributed by atoms with E-state index in [0.717, 1.165) is 51.2 Å². The Bertz CT molecular complexity index is 195. The summed E-state index contributed by atoms with van der Waals surface area (Å²) in [6.07, 6.45) is 1.60. The zero-order chi connectivity index (χ0) is 12.5. The number of ether oxygens (including phenoxy) is 3. The Morgan fingerprint density at radius 1 is 1.29 bits per heavy atom. The quantitative estimate of drug-likeness (QED) is 0.502. The molecule has 0 amide bonds. The van der Waals surface area contributed by atoms with Crippen LogP contribution in [-0.4, -0.2) is 69.0 Å². The predicted octanol–water partition coefficient (Wildman–Crippen LogP) is 1.52. The third kappa shape index (κ3) is 6.72. The van der Waals surface area contributed by atoms with E-state index in [1.807, 2.05) is 0 Å². The maximum absolute atomic E-state index is 5.78. The minimum Gasteiger partial charge on any atom is -0.385 e. The Labute approximate surface area is 113 Å². The van der Waals surface area contributed by atoms with E-state index in [9.17, 15) is 0 Å². The number of alkyl halides is 1. The minimum atomic E-state index is 0.312. The molecule has 0 aromatic rings. The Morgan fingerprint density at radius 3 is 2.82 bits per heavy atom. The summed E-state index contributed by atoms with van der Waals surface area (Å²) in [5, 5.41) is 0.905. The molecule has 1 saturated heterocycles. The molecular weight excluding hydrogens is 286 g/mol. The molecule has 2 atom stereocenters. The topological polar surface area (TPSA) is 30.9 Å². The molecule has 0 aliphatic carbocycles. The van der Waals surface area contributed by atoms with Crippen LogP contribution in [0.3, 0.4) is 0 Å². The molecule has 0 aromatic carbocycles. The van der Waals surface area contributed by atoms with E-state index in [-0.39, 0.29) is 0 Å². The molecule has 0 saturated carbocycles. The van der Waals surface area contributed by atoms with Gasteiger partial charge in [-0.2, -0.15) is 0 Å². The highest BCUT2D eigenvalue weighted by molar-refractivity contribution is 9.09. The second-order valence-electron chi connectivity index (χ2n) is 4.44. The van der Waals surface area contributed by atoms with Crippen molar-refractivity contribution in [3.05, 3.63) is 0 Å². The summed E-state index contributed by atoms with van der Waals surface area (Å²) >= 11 is 3.48. The Hall–Kier alpha value is 0.320. The lowest BCUT2D eigenvalue weighted by Gasteiger charge is -2.36. The van der Waals surface area contributed by atoms with Crippen LogP contribution in [0.4, 0.5) is 0 Å². The first-order valence-corrected chi connectivity index (χ1v) is 7.39. The van der Waals surface area contributed by atoms with Crippen LogP contribution in [-0.2, 0) is 14.2 Å².